The van der Waals surface area contributed by atoms with Gasteiger partial charge in [0.1, 0.15) is 5.54 Å². The van der Waals surface area contributed by atoms with Crippen LogP contribution >= 0.6 is 0 Å². The van der Waals surface area contributed by atoms with E-state index < -0.39 is 11.6 Å². The quantitative estimate of drug-likeness (QED) is 0.724. The first-order chi connectivity index (χ1) is 10.4. The van der Waals surface area contributed by atoms with Gasteiger partial charge >= 0.3 is 0 Å². The average molecular weight is 310 g/mol. The molecule has 2 atom stereocenters. The van der Waals surface area contributed by atoms with Gasteiger partial charge in [0.05, 0.1) is 12.0 Å². The molecule has 2 aliphatic rings. The van der Waals surface area contributed by atoms with Gasteiger partial charge in [-0.2, -0.15) is 0 Å². The number of amides is 2. The maximum absolute atomic E-state index is 12.4. The largest absolute Gasteiger partial charge is 0.392 e. The summed E-state index contributed by atoms with van der Waals surface area (Å²) in [7, 11) is 0. The lowest BCUT2D eigenvalue weighted by Gasteiger charge is -2.29. The van der Waals surface area contributed by atoms with Crippen molar-refractivity contribution in [2.24, 2.45) is 11.8 Å². The van der Waals surface area contributed by atoms with Gasteiger partial charge < -0.3 is 15.7 Å². The molecule has 0 saturated heterocycles. The topological polar surface area (TPSA) is 78.4 Å². The summed E-state index contributed by atoms with van der Waals surface area (Å²) in [5, 5.41) is 15.6. The monoisotopic (exact) mass is 310 g/mol. The van der Waals surface area contributed by atoms with Gasteiger partial charge in [-0.25, -0.2) is 0 Å². The summed E-state index contributed by atoms with van der Waals surface area (Å²) in [6.45, 7) is 4.15. The second-order valence-electron chi connectivity index (χ2n) is 7.43. The molecule has 2 saturated carbocycles. The molecule has 2 unspecified atom stereocenters. The summed E-state index contributed by atoms with van der Waals surface area (Å²) < 4.78 is 0. The molecule has 5 heteroatoms. The van der Waals surface area contributed by atoms with E-state index in [1.165, 1.54) is 32.1 Å². The van der Waals surface area contributed by atoms with Crippen molar-refractivity contribution < 1.29 is 14.7 Å². The summed E-state index contributed by atoms with van der Waals surface area (Å²) in [4.78, 5) is 24.6. The van der Waals surface area contributed by atoms with Crippen molar-refractivity contribution in [3.05, 3.63) is 0 Å². The Morgan fingerprint density at radius 1 is 1.05 bits per heavy atom. The fraction of sp³-hybridized carbons (Fsp3) is 0.882. The van der Waals surface area contributed by atoms with Crippen molar-refractivity contribution >= 4 is 11.8 Å². The van der Waals surface area contributed by atoms with Gasteiger partial charge in [-0.15, -0.1) is 0 Å². The molecule has 0 aromatic heterocycles. The van der Waals surface area contributed by atoms with E-state index in [-0.39, 0.29) is 17.7 Å². The molecule has 0 aliphatic heterocycles. The standard InChI is InChI=1S/C17H30N2O3/c1-17(2,19-15(21)13-9-6-10-14(13)20)16(22)18-11-12-7-4-3-5-8-12/h12-14,20H,3-11H2,1-2H3,(H,18,22)(H,19,21). The molecule has 0 aromatic rings. The first-order valence-corrected chi connectivity index (χ1v) is 8.68. The Labute approximate surface area is 133 Å². The molecule has 2 rings (SSSR count). The highest BCUT2D eigenvalue weighted by molar-refractivity contribution is 5.91. The van der Waals surface area contributed by atoms with Gasteiger partial charge in [-0.3, -0.25) is 9.59 Å². The van der Waals surface area contributed by atoms with Gasteiger partial charge in [-0.05, 0) is 51.9 Å². The molecule has 0 bridgehead atoms. The minimum absolute atomic E-state index is 0.140. The number of rotatable bonds is 5. The van der Waals surface area contributed by atoms with Gasteiger partial charge in [0.2, 0.25) is 11.8 Å². The van der Waals surface area contributed by atoms with Crippen molar-refractivity contribution in [3.63, 3.8) is 0 Å². The summed E-state index contributed by atoms with van der Waals surface area (Å²) in [5.74, 6) is -0.145. The predicted molar refractivity (Wildman–Crippen MR) is 85.2 cm³/mol. The van der Waals surface area contributed by atoms with Crippen molar-refractivity contribution in [3.8, 4) is 0 Å². The molecule has 2 fully saturated rings. The zero-order valence-corrected chi connectivity index (χ0v) is 13.9. The van der Waals surface area contributed by atoms with Gasteiger partial charge in [0.15, 0.2) is 0 Å². The lowest BCUT2D eigenvalue weighted by atomic mass is 9.89. The molecule has 2 aliphatic carbocycles. The first-order valence-electron chi connectivity index (χ1n) is 8.68. The van der Waals surface area contributed by atoms with Crippen LogP contribution < -0.4 is 10.6 Å². The Balaban J connectivity index is 1.80. The maximum Gasteiger partial charge on any atom is 0.245 e. The zero-order chi connectivity index (χ0) is 16.2. The Bertz CT molecular complexity index is 403. The Kier molecular flexibility index (Phi) is 5.84. The van der Waals surface area contributed by atoms with Crippen LogP contribution in [0.25, 0.3) is 0 Å². The van der Waals surface area contributed by atoms with Crippen LogP contribution in [0.4, 0.5) is 0 Å². The molecule has 0 spiro atoms. The van der Waals surface area contributed by atoms with E-state index in [4.69, 9.17) is 0 Å². The Morgan fingerprint density at radius 2 is 1.73 bits per heavy atom. The summed E-state index contributed by atoms with van der Waals surface area (Å²) in [5.41, 5.74) is -0.936. The number of aliphatic hydroxyl groups excluding tert-OH is 1. The maximum atomic E-state index is 12.4. The molecule has 5 nitrogen and oxygen atoms in total. The highest BCUT2D eigenvalue weighted by atomic mass is 16.3. The summed E-state index contributed by atoms with van der Waals surface area (Å²) >= 11 is 0. The second kappa shape index (κ2) is 7.44. The van der Waals surface area contributed by atoms with E-state index in [1.54, 1.807) is 13.8 Å². The third kappa shape index (κ3) is 4.45. The first kappa shape index (κ1) is 17.3. The van der Waals surface area contributed by atoms with Gasteiger partial charge in [-0.1, -0.05) is 19.3 Å². The zero-order valence-electron chi connectivity index (χ0n) is 13.9. The molecule has 126 valence electrons. The van der Waals surface area contributed by atoms with Crippen LogP contribution in [0.5, 0.6) is 0 Å². The third-order valence-corrected chi connectivity index (χ3v) is 5.10. The highest BCUT2D eigenvalue weighted by Gasteiger charge is 2.36. The summed E-state index contributed by atoms with van der Waals surface area (Å²) in [6, 6.07) is 0. The lowest BCUT2D eigenvalue weighted by molar-refractivity contribution is -0.135. The van der Waals surface area contributed by atoms with E-state index in [2.05, 4.69) is 10.6 Å². The van der Waals surface area contributed by atoms with Crippen molar-refractivity contribution in [1.29, 1.82) is 0 Å². The van der Waals surface area contributed by atoms with Crippen LogP contribution in [-0.4, -0.2) is 35.1 Å². The molecule has 0 aromatic carbocycles. The molecule has 3 N–H and O–H groups in total. The Morgan fingerprint density at radius 3 is 2.32 bits per heavy atom. The van der Waals surface area contributed by atoms with Crippen molar-refractivity contribution in [2.45, 2.75) is 76.9 Å². The van der Waals surface area contributed by atoms with E-state index >= 15 is 0 Å². The van der Waals surface area contributed by atoms with Crippen LogP contribution in [0.1, 0.15) is 65.2 Å². The van der Waals surface area contributed by atoms with Crippen LogP contribution in [0.3, 0.4) is 0 Å². The normalized spacial score (nSPS) is 26.7. The van der Waals surface area contributed by atoms with Crippen LogP contribution in [-0.2, 0) is 9.59 Å². The minimum atomic E-state index is -0.936. The summed E-state index contributed by atoms with van der Waals surface area (Å²) in [6.07, 6.45) is 7.84. The van der Waals surface area contributed by atoms with Crippen LogP contribution in [0, 0.1) is 11.8 Å². The third-order valence-electron chi connectivity index (χ3n) is 5.10. The fourth-order valence-electron chi connectivity index (χ4n) is 3.55. The molecular weight excluding hydrogens is 280 g/mol. The van der Waals surface area contributed by atoms with Crippen LogP contribution in [0.2, 0.25) is 0 Å². The number of hydrogen-bond acceptors (Lipinski definition) is 3. The molecule has 0 heterocycles. The number of hydrogen-bond donors (Lipinski definition) is 3. The van der Waals surface area contributed by atoms with Gasteiger partial charge in [0.25, 0.3) is 0 Å². The van der Waals surface area contributed by atoms with Crippen molar-refractivity contribution in [1.82, 2.24) is 10.6 Å². The fourth-order valence-corrected chi connectivity index (χ4v) is 3.55. The predicted octanol–water partition coefficient (Wildman–Crippen LogP) is 1.74. The minimum Gasteiger partial charge on any atom is -0.392 e. The number of carbonyl (C=O) groups excluding carboxylic acids is 2. The lowest BCUT2D eigenvalue weighted by Crippen LogP contribution is -2.57. The van der Waals surface area contributed by atoms with E-state index in [0.29, 0.717) is 25.3 Å². The molecule has 2 amide bonds. The average Bonchev–Trinajstić information content (AvgIpc) is 2.91. The Hall–Kier alpha value is -1.10. The highest BCUT2D eigenvalue weighted by Crippen LogP contribution is 2.26. The van der Waals surface area contributed by atoms with Crippen LogP contribution in [0.15, 0.2) is 0 Å². The molecular formula is C17H30N2O3. The van der Waals surface area contributed by atoms with Gasteiger partial charge in [0, 0.05) is 6.54 Å². The number of carbonyl (C=O) groups is 2. The second-order valence-corrected chi connectivity index (χ2v) is 7.43. The van der Waals surface area contributed by atoms with E-state index in [0.717, 1.165) is 6.42 Å². The molecule has 22 heavy (non-hydrogen) atoms. The number of nitrogens with one attached hydrogen (secondary N) is 2. The van der Waals surface area contributed by atoms with E-state index in [9.17, 15) is 14.7 Å². The van der Waals surface area contributed by atoms with E-state index in [1.807, 2.05) is 0 Å². The molecule has 0 radical (unpaired) electrons. The SMILES string of the molecule is CC(C)(NC(=O)C1CCCC1O)C(=O)NCC1CCCCC1. The smallest absolute Gasteiger partial charge is 0.245 e. The van der Waals surface area contributed by atoms with Crippen molar-refractivity contribution in [2.75, 3.05) is 6.54 Å². The number of aliphatic hydroxyl groups is 1.